The van der Waals surface area contributed by atoms with Crippen molar-refractivity contribution in [1.29, 1.82) is 0 Å². The summed E-state index contributed by atoms with van der Waals surface area (Å²) in [4.78, 5) is 11.3. The molecule has 1 aromatic heterocycles. The molecule has 2 rings (SSSR count). The fourth-order valence-corrected chi connectivity index (χ4v) is 2.84. The highest BCUT2D eigenvalue weighted by Gasteiger charge is 2.20. The number of nitrogens with one attached hydrogen (secondary N) is 1. The largest absolute Gasteiger partial charge is 0.464 e. The maximum Gasteiger partial charge on any atom is 0.358 e. The molecule has 0 unspecified atom stereocenters. The van der Waals surface area contributed by atoms with Gasteiger partial charge in [-0.15, -0.1) is 10.2 Å². The molecule has 0 spiro atoms. The second kappa shape index (κ2) is 7.22. The summed E-state index contributed by atoms with van der Waals surface area (Å²) >= 11 is 0. The van der Waals surface area contributed by atoms with Crippen LogP contribution < -0.4 is 5.32 Å². The van der Waals surface area contributed by atoms with Crippen LogP contribution in [0.2, 0.25) is 0 Å². The van der Waals surface area contributed by atoms with Gasteiger partial charge in [0.15, 0.2) is 5.69 Å². The third kappa shape index (κ3) is 3.92. The number of esters is 1. The molecule has 0 radical (unpaired) electrons. The number of carbonyl (C=O) groups excluding carboxylic acids is 1. The van der Waals surface area contributed by atoms with E-state index < -0.39 is 5.97 Å². The molecule has 1 aliphatic rings. The van der Waals surface area contributed by atoms with E-state index in [1.54, 1.807) is 12.1 Å². The van der Waals surface area contributed by atoms with E-state index in [0.717, 1.165) is 11.7 Å². The second-order valence-electron chi connectivity index (χ2n) is 5.45. The highest BCUT2D eigenvalue weighted by atomic mass is 16.5. The Labute approximate surface area is 120 Å². The number of methoxy groups -OCH3 is 1. The first kappa shape index (κ1) is 14.8. The van der Waals surface area contributed by atoms with Crippen molar-refractivity contribution in [1.82, 2.24) is 10.2 Å². The van der Waals surface area contributed by atoms with E-state index >= 15 is 0 Å². The Kier molecular flexibility index (Phi) is 5.32. The van der Waals surface area contributed by atoms with Gasteiger partial charge in [0, 0.05) is 6.04 Å². The average molecular weight is 277 g/mol. The summed E-state index contributed by atoms with van der Waals surface area (Å²) in [7, 11) is 1.34. The van der Waals surface area contributed by atoms with Gasteiger partial charge in [0.05, 0.1) is 7.11 Å². The maximum absolute atomic E-state index is 11.3. The van der Waals surface area contributed by atoms with E-state index in [2.05, 4.69) is 27.2 Å². The molecule has 1 heterocycles. The zero-order chi connectivity index (χ0) is 14.4. The van der Waals surface area contributed by atoms with E-state index in [4.69, 9.17) is 0 Å². The number of ether oxygens (including phenoxy) is 1. The first-order valence-electron chi connectivity index (χ1n) is 7.41. The Hall–Kier alpha value is -1.65. The molecule has 0 amide bonds. The number of aromatic nitrogens is 2. The van der Waals surface area contributed by atoms with Crippen LogP contribution in [0.1, 0.15) is 55.9 Å². The predicted octanol–water partition coefficient (Wildman–Crippen LogP) is 3.03. The van der Waals surface area contributed by atoms with Gasteiger partial charge in [-0.25, -0.2) is 4.79 Å². The summed E-state index contributed by atoms with van der Waals surface area (Å²) in [6.45, 7) is 2.25. The molecule has 0 aliphatic heterocycles. The predicted molar refractivity (Wildman–Crippen MR) is 77.6 cm³/mol. The van der Waals surface area contributed by atoms with E-state index in [1.807, 2.05) is 0 Å². The lowest BCUT2D eigenvalue weighted by Gasteiger charge is -2.29. The van der Waals surface area contributed by atoms with E-state index in [9.17, 15) is 4.79 Å². The monoisotopic (exact) mass is 277 g/mol. The Morgan fingerprint density at radius 3 is 2.60 bits per heavy atom. The van der Waals surface area contributed by atoms with Gasteiger partial charge in [-0.1, -0.05) is 19.8 Å². The molecule has 1 fully saturated rings. The number of hydrogen-bond acceptors (Lipinski definition) is 5. The first-order valence-corrected chi connectivity index (χ1v) is 7.41. The molecule has 1 aliphatic carbocycles. The second-order valence-corrected chi connectivity index (χ2v) is 5.45. The molecule has 20 heavy (non-hydrogen) atoms. The van der Waals surface area contributed by atoms with Gasteiger partial charge < -0.3 is 10.1 Å². The Balaban J connectivity index is 1.84. The third-order valence-electron chi connectivity index (χ3n) is 3.95. The van der Waals surface area contributed by atoms with E-state index in [-0.39, 0.29) is 5.69 Å². The summed E-state index contributed by atoms with van der Waals surface area (Å²) in [5.41, 5.74) is 0.240. The molecule has 5 heteroatoms. The molecule has 0 bridgehead atoms. The molecule has 1 saturated carbocycles. The van der Waals surface area contributed by atoms with Gasteiger partial charge >= 0.3 is 5.97 Å². The van der Waals surface area contributed by atoms with Gasteiger partial charge in [0.25, 0.3) is 0 Å². The van der Waals surface area contributed by atoms with Crippen molar-refractivity contribution < 1.29 is 9.53 Å². The summed E-state index contributed by atoms with van der Waals surface area (Å²) < 4.78 is 4.60. The maximum atomic E-state index is 11.3. The first-order chi connectivity index (χ1) is 9.72. The van der Waals surface area contributed by atoms with Gasteiger partial charge in [-0.3, -0.25) is 0 Å². The quantitative estimate of drug-likeness (QED) is 0.838. The van der Waals surface area contributed by atoms with Crippen LogP contribution >= 0.6 is 0 Å². The molecule has 5 nitrogen and oxygen atoms in total. The van der Waals surface area contributed by atoms with Gasteiger partial charge in [0.1, 0.15) is 5.82 Å². The van der Waals surface area contributed by atoms with Crippen LogP contribution in [0.25, 0.3) is 0 Å². The molecule has 0 saturated heterocycles. The summed E-state index contributed by atoms with van der Waals surface area (Å²) in [5, 5.41) is 11.3. The van der Waals surface area contributed by atoms with Crippen molar-refractivity contribution in [3.05, 3.63) is 17.8 Å². The lowest BCUT2D eigenvalue weighted by molar-refractivity contribution is 0.0593. The summed E-state index contributed by atoms with van der Waals surface area (Å²) in [6, 6.07) is 3.91. The van der Waals surface area contributed by atoms with Crippen LogP contribution in [-0.2, 0) is 4.74 Å². The number of anilines is 1. The molecule has 1 aromatic rings. The van der Waals surface area contributed by atoms with Crippen LogP contribution in [0, 0.1) is 5.92 Å². The van der Waals surface area contributed by atoms with Gasteiger partial charge in [-0.2, -0.15) is 0 Å². The Morgan fingerprint density at radius 1 is 1.30 bits per heavy atom. The van der Waals surface area contributed by atoms with Crippen molar-refractivity contribution in [2.75, 3.05) is 12.4 Å². The minimum absolute atomic E-state index is 0.240. The Bertz CT molecular complexity index is 425. The normalized spacial score (nSPS) is 22.3. The summed E-state index contributed by atoms with van der Waals surface area (Å²) in [5.74, 6) is 1.17. The standard InChI is InChI=1S/C15H23N3O2/c1-3-4-11-5-7-12(8-6-11)16-14-10-9-13(17-18-14)15(19)20-2/h9-12H,3-8H2,1-2H3,(H,16,18). The molecule has 1 N–H and O–H groups in total. The van der Waals surface area contributed by atoms with Crippen LogP contribution in [0.3, 0.4) is 0 Å². The van der Waals surface area contributed by atoms with Gasteiger partial charge in [-0.05, 0) is 43.7 Å². The highest BCUT2D eigenvalue weighted by Crippen LogP contribution is 2.29. The van der Waals surface area contributed by atoms with Crippen molar-refractivity contribution >= 4 is 11.8 Å². The van der Waals surface area contributed by atoms with Crippen molar-refractivity contribution in [2.24, 2.45) is 5.92 Å². The fraction of sp³-hybridized carbons (Fsp3) is 0.667. The molecule has 0 atom stereocenters. The van der Waals surface area contributed by atoms with Crippen LogP contribution in [0.4, 0.5) is 5.82 Å². The lowest BCUT2D eigenvalue weighted by Crippen LogP contribution is -2.26. The third-order valence-corrected chi connectivity index (χ3v) is 3.95. The number of carbonyl (C=O) groups is 1. The molecular formula is C15H23N3O2. The zero-order valence-electron chi connectivity index (χ0n) is 12.3. The summed E-state index contributed by atoms with van der Waals surface area (Å²) in [6.07, 6.45) is 7.58. The van der Waals surface area contributed by atoms with Crippen molar-refractivity contribution in [3.8, 4) is 0 Å². The Morgan fingerprint density at radius 2 is 2.05 bits per heavy atom. The van der Waals surface area contributed by atoms with Crippen molar-refractivity contribution in [2.45, 2.75) is 51.5 Å². The van der Waals surface area contributed by atoms with Crippen molar-refractivity contribution in [3.63, 3.8) is 0 Å². The zero-order valence-corrected chi connectivity index (χ0v) is 12.3. The van der Waals surface area contributed by atoms with Crippen LogP contribution in [0.5, 0.6) is 0 Å². The van der Waals surface area contributed by atoms with Crippen LogP contribution in [0.15, 0.2) is 12.1 Å². The van der Waals surface area contributed by atoms with E-state index in [0.29, 0.717) is 6.04 Å². The fourth-order valence-electron chi connectivity index (χ4n) is 2.84. The molecular weight excluding hydrogens is 254 g/mol. The average Bonchev–Trinajstić information content (AvgIpc) is 2.49. The SMILES string of the molecule is CCCC1CCC(Nc2ccc(C(=O)OC)nn2)CC1. The minimum atomic E-state index is -0.455. The number of nitrogens with zero attached hydrogens (tertiary/aromatic N) is 2. The van der Waals surface area contributed by atoms with Crippen LogP contribution in [-0.4, -0.2) is 29.3 Å². The molecule has 0 aromatic carbocycles. The van der Waals surface area contributed by atoms with Gasteiger partial charge in [0.2, 0.25) is 0 Å². The minimum Gasteiger partial charge on any atom is -0.464 e. The number of hydrogen-bond donors (Lipinski definition) is 1. The topological polar surface area (TPSA) is 64.1 Å². The lowest BCUT2D eigenvalue weighted by atomic mass is 9.83. The number of rotatable bonds is 5. The molecule has 110 valence electrons. The smallest absolute Gasteiger partial charge is 0.358 e. The highest BCUT2D eigenvalue weighted by molar-refractivity contribution is 5.86. The van der Waals surface area contributed by atoms with E-state index in [1.165, 1.54) is 45.6 Å².